The zero-order chi connectivity index (χ0) is 17.1. The number of thiophene rings is 1. The van der Waals surface area contributed by atoms with Crippen LogP contribution in [0, 0.1) is 6.92 Å². The first-order chi connectivity index (χ1) is 11.6. The van der Waals surface area contributed by atoms with Crippen LogP contribution < -0.4 is 5.32 Å². The molecule has 0 radical (unpaired) electrons. The summed E-state index contributed by atoms with van der Waals surface area (Å²) in [6.45, 7) is 5.71. The van der Waals surface area contributed by atoms with E-state index in [1.165, 1.54) is 17.6 Å². The molecule has 0 spiro atoms. The lowest BCUT2D eigenvalue weighted by Gasteiger charge is -2.32. The van der Waals surface area contributed by atoms with Gasteiger partial charge in [0.05, 0.1) is 28.9 Å². The number of nitrogens with zero attached hydrogens (tertiary/aromatic N) is 1. The van der Waals surface area contributed by atoms with Crippen LogP contribution >= 0.6 is 11.3 Å². The molecule has 2 aromatic rings. The smallest absolute Gasteiger partial charge is 0.291 e. The van der Waals surface area contributed by atoms with E-state index >= 15 is 0 Å². The fourth-order valence-corrected chi connectivity index (χ4v) is 3.67. The van der Waals surface area contributed by atoms with Crippen molar-refractivity contribution < 1.29 is 18.7 Å². The summed E-state index contributed by atoms with van der Waals surface area (Å²) in [6, 6.07) is 5.07. The maximum atomic E-state index is 12.8. The number of rotatable bonds is 4. The molecule has 3 heterocycles. The summed E-state index contributed by atoms with van der Waals surface area (Å²) in [4.78, 5) is 27.3. The van der Waals surface area contributed by atoms with E-state index in [1.54, 1.807) is 12.1 Å². The molecular formula is C17H20N2O4S. The van der Waals surface area contributed by atoms with E-state index in [1.807, 2.05) is 17.9 Å². The molecular weight excluding hydrogens is 328 g/mol. The third-order valence-corrected chi connectivity index (χ3v) is 5.12. The molecule has 24 heavy (non-hydrogen) atoms. The van der Waals surface area contributed by atoms with Crippen molar-refractivity contribution in [1.29, 1.82) is 0 Å². The van der Waals surface area contributed by atoms with Gasteiger partial charge in [0.2, 0.25) is 0 Å². The summed E-state index contributed by atoms with van der Waals surface area (Å²) in [5.74, 6) is -0.0803. The Hall–Kier alpha value is -2.12. The highest BCUT2D eigenvalue weighted by molar-refractivity contribution is 7.18. The highest BCUT2D eigenvalue weighted by Crippen LogP contribution is 2.29. The van der Waals surface area contributed by atoms with Gasteiger partial charge in [0, 0.05) is 13.1 Å². The lowest BCUT2D eigenvalue weighted by Crippen LogP contribution is -2.45. The monoisotopic (exact) mass is 348 g/mol. The molecule has 1 saturated heterocycles. The third kappa shape index (κ3) is 3.52. The Bertz CT molecular complexity index is 723. The maximum absolute atomic E-state index is 12.8. The molecule has 128 valence electrons. The van der Waals surface area contributed by atoms with Crippen LogP contribution in [0.5, 0.6) is 0 Å². The molecule has 2 amide bonds. The Morgan fingerprint density at radius 2 is 2.29 bits per heavy atom. The quantitative estimate of drug-likeness (QED) is 0.921. The Balaban J connectivity index is 1.71. The largest absolute Gasteiger partial charge is 0.459 e. The van der Waals surface area contributed by atoms with Gasteiger partial charge in [-0.15, -0.1) is 11.3 Å². The zero-order valence-corrected chi connectivity index (χ0v) is 14.5. The molecule has 1 unspecified atom stereocenters. The van der Waals surface area contributed by atoms with E-state index in [9.17, 15) is 9.59 Å². The van der Waals surface area contributed by atoms with Crippen LogP contribution in [0.4, 0.5) is 5.00 Å². The van der Waals surface area contributed by atoms with Crippen LogP contribution in [0.25, 0.3) is 0 Å². The summed E-state index contributed by atoms with van der Waals surface area (Å²) >= 11 is 1.29. The number of aryl methyl sites for hydroxylation is 1. The van der Waals surface area contributed by atoms with E-state index < -0.39 is 0 Å². The molecule has 0 saturated carbocycles. The third-order valence-electron chi connectivity index (χ3n) is 3.98. The first kappa shape index (κ1) is 16.7. The molecule has 1 atom stereocenters. The second kappa shape index (κ2) is 7.19. The Morgan fingerprint density at radius 3 is 3.00 bits per heavy atom. The Kier molecular flexibility index (Phi) is 5.01. The van der Waals surface area contributed by atoms with Crippen LogP contribution in [0.2, 0.25) is 0 Å². The van der Waals surface area contributed by atoms with E-state index in [-0.39, 0.29) is 23.7 Å². The molecule has 7 heteroatoms. The van der Waals surface area contributed by atoms with Crippen LogP contribution in [0.15, 0.2) is 28.9 Å². The predicted octanol–water partition coefficient (Wildman–Crippen LogP) is 3.15. The number of carbonyl (C=O) groups excluding carboxylic acids is 2. The minimum absolute atomic E-state index is 0.00209. The van der Waals surface area contributed by atoms with Crippen molar-refractivity contribution in [3.05, 3.63) is 40.7 Å². The number of morpholine rings is 1. The van der Waals surface area contributed by atoms with E-state index in [4.69, 9.17) is 9.15 Å². The molecule has 1 fully saturated rings. The zero-order valence-electron chi connectivity index (χ0n) is 13.7. The van der Waals surface area contributed by atoms with Crippen molar-refractivity contribution in [1.82, 2.24) is 4.90 Å². The molecule has 0 aliphatic carbocycles. The summed E-state index contributed by atoms with van der Waals surface area (Å²) < 4.78 is 10.7. The standard InChI is InChI=1S/C17H20N2O4S/c1-3-12-10-19(6-8-22-12)17(21)15-11(2)9-14(24-15)18-16(20)13-5-4-7-23-13/h4-5,7,9,12H,3,6,8,10H2,1-2H3,(H,18,20). The first-order valence-electron chi connectivity index (χ1n) is 7.94. The molecule has 1 aliphatic heterocycles. The maximum Gasteiger partial charge on any atom is 0.291 e. The number of hydrogen-bond acceptors (Lipinski definition) is 5. The summed E-state index contributed by atoms with van der Waals surface area (Å²) in [5.41, 5.74) is 0.860. The number of carbonyl (C=O) groups is 2. The average molecular weight is 348 g/mol. The van der Waals surface area contributed by atoms with Gasteiger partial charge in [-0.3, -0.25) is 9.59 Å². The first-order valence-corrected chi connectivity index (χ1v) is 8.76. The topological polar surface area (TPSA) is 71.8 Å². The van der Waals surface area contributed by atoms with Crippen molar-refractivity contribution in [3.63, 3.8) is 0 Å². The van der Waals surface area contributed by atoms with Gasteiger partial charge in [0.1, 0.15) is 0 Å². The van der Waals surface area contributed by atoms with Crippen LogP contribution in [0.3, 0.4) is 0 Å². The molecule has 0 aromatic carbocycles. The molecule has 2 aromatic heterocycles. The number of amides is 2. The Morgan fingerprint density at radius 1 is 1.46 bits per heavy atom. The van der Waals surface area contributed by atoms with E-state index in [0.29, 0.717) is 29.6 Å². The van der Waals surface area contributed by atoms with Gasteiger partial charge in [-0.2, -0.15) is 0 Å². The second-order valence-electron chi connectivity index (χ2n) is 5.71. The minimum atomic E-state index is -0.322. The molecule has 1 N–H and O–H groups in total. The molecule has 1 aliphatic rings. The van der Waals surface area contributed by atoms with E-state index in [0.717, 1.165) is 12.0 Å². The van der Waals surface area contributed by atoms with Crippen molar-refractivity contribution in [2.75, 3.05) is 25.0 Å². The average Bonchev–Trinajstić information content (AvgIpc) is 3.24. The van der Waals surface area contributed by atoms with Gasteiger partial charge in [0.25, 0.3) is 11.8 Å². The number of ether oxygens (including phenoxy) is 1. The van der Waals surface area contributed by atoms with Crippen molar-refractivity contribution in [3.8, 4) is 0 Å². The number of nitrogens with one attached hydrogen (secondary N) is 1. The molecule has 0 bridgehead atoms. The highest BCUT2D eigenvalue weighted by Gasteiger charge is 2.26. The SMILES string of the molecule is CCC1CN(C(=O)c2sc(NC(=O)c3ccco3)cc2C)CCO1. The molecule has 3 rings (SSSR count). The van der Waals surface area contributed by atoms with Gasteiger partial charge in [0.15, 0.2) is 5.76 Å². The lowest BCUT2D eigenvalue weighted by molar-refractivity contribution is -0.0224. The van der Waals surface area contributed by atoms with Gasteiger partial charge >= 0.3 is 0 Å². The molecule has 6 nitrogen and oxygen atoms in total. The fourth-order valence-electron chi connectivity index (χ4n) is 2.63. The number of anilines is 1. The van der Waals surface area contributed by atoms with Crippen LogP contribution in [-0.4, -0.2) is 42.5 Å². The van der Waals surface area contributed by atoms with Crippen LogP contribution in [0.1, 0.15) is 39.1 Å². The number of furan rings is 1. The lowest BCUT2D eigenvalue weighted by atomic mass is 10.2. The summed E-state index contributed by atoms with van der Waals surface area (Å²) in [7, 11) is 0. The summed E-state index contributed by atoms with van der Waals surface area (Å²) in [5, 5.41) is 3.41. The minimum Gasteiger partial charge on any atom is -0.459 e. The van der Waals surface area contributed by atoms with Crippen LogP contribution in [-0.2, 0) is 4.74 Å². The second-order valence-corrected chi connectivity index (χ2v) is 6.76. The van der Waals surface area contributed by atoms with Crippen molar-refractivity contribution >= 4 is 28.2 Å². The predicted molar refractivity (Wildman–Crippen MR) is 91.7 cm³/mol. The van der Waals surface area contributed by atoms with Crippen molar-refractivity contribution in [2.24, 2.45) is 0 Å². The van der Waals surface area contributed by atoms with Gasteiger partial charge in [-0.1, -0.05) is 6.92 Å². The van der Waals surface area contributed by atoms with Gasteiger partial charge in [-0.25, -0.2) is 0 Å². The van der Waals surface area contributed by atoms with Gasteiger partial charge in [-0.05, 0) is 37.1 Å². The normalized spacial score (nSPS) is 17.8. The van der Waals surface area contributed by atoms with E-state index in [2.05, 4.69) is 12.2 Å². The highest BCUT2D eigenvalue weighted by atomic mass is 32.1. The Labute approximate surface area is 144 Å². The van der Waals surface area contributed by atoms with Gasteiger partial charge < -0.3 is 19.4 Å². The van der Waals surface area contributed by atoms with Crippen molar-refractivity contribution in [2.45, 2.75) is 26.4 Å². The summed E-state index contributed by atoms with van der Waals surface area (Å²) in [6.07, 6.45) is 2.44. The fraction of sp³-hybridized carbons (Fsp3) is 0.412. The number of hydrogen-bond donors (Lipinski definition) is 1.